The molecule has 3 heterocycles. The van der Waals surface area contributed by atoms with Gasteiger partial charge in [0.05, 0.1) is 11.4 Å². The fraction of sp³-hybridized carbons (Fsp3) is 0.360. The van der Waals surface area contributed by atoms with Crippen molar-refractivity contribution in [3.63, 3.8) is 0 Å². The average Bonchev–Trinajstić information content (AvgIpc) is 3.67. The summed E-state index contributed by atoms with van der Waals surface area (Å²) in [6.45, 7) is 4.65. The maximum absolute atomic E-state index is 10.2. The lowest BCUT2D eigenvalue weighted by Gasteiger charge is -2.28. The first-order valence-electron chi connectivity index (χ1n) is 11.5. The van der Waals surface area contributed by atoms with Crippen molar-refractivity contribution in [3.05, 3.63) is 54.5 Å². The van der Waals surface area contributed by atoms with Gasteiger partial charge in [-0.1, -0.05) is 18.2 Å². The van der Waals surface area contributed by atoms with Crippen LogP contribution in [-0.2, 0) is 0 Å². The van der Waals surface area contributed by atoms with E-state index in [1.165, 1.54) is 12.8 Å². The van der Waals surface area contributed by atoms with E-state index in [1.807, 2.05) is 36.5 Å². The van der Waals surface area contributed by atoms with Crippen LogP contribution in [-0.4, -0.2) is 50.9 Å². The number of phenols is 1. The highest BCUT2D eigenvalue weighted by Crippen LogP contribution is 2.33. The number of aromatic hydroxyl groups is 1. The van der Waals surface area contributed by atoms with E-state index in [0.29, 0.717) is 29.0 Å². The van der Waals surface area contributed by atoms with Crippen LogP contribution in [0.3, 0.4) is 0 Å². The summed E-state index contributed by atoms with van der Waals surface area (Å²) >= 11 is 0. The summed E-state index contributed by atoms with van der Waals surface area (Å²) in [5.41, 5.74) is 8.32. The normalized spacial score (nSPS) is 19.1. The SMILES string of the molecule is C[C@@H]1CCN(c2cc(-c3ccccc3O)nnc2N)CCN1c1ccnc(C=CC2CC2)n1. The van der Waals surface area contributed by atoms with E-state index >= 15 is 0 Å². The molecule has 0 amide bonds. The highest BCUT2D eigenvalue weighted by Gasteiger charge is 2.24. The quantitative estimate of drug-likeness (QED) is 0.614. The molecule has 0 bridgehead atoms. The number of anilines is 3. The Balaban J connectivity index is 1.36. The monoisotopic (exact) mass is 443 g/mol. The maximum atomic E-state index is 10.2. The van der Waals surface area contributed by atoms with E-state index in [1.54, 1.807) is 12.1 Å². The van der Waals surface area contributed by atoms with Crippen LogP contribution in [0.5, 0.6) is 5.75 Å². The highest BCUT2D eigenvalue weighted by molar-refractivity contribution is 5.74. The number of nitrogen functional groups attached to an aromatic ring is 1. The third kappa shape index (κ3) is 4.74. The van der Waals surface area contributed by atoms with Crippen LogP contribution in [0, 0.1) is 5.92 Å². The van der Waals surface area contributed by atoms with Crippen LogP contribution in [0.4, 0.5) is 17.3 Å². The second-order valence-corrected chi connectivity index (χ2v) is 8.80. The van der Waals surface area contributed by atoms with Crippen LogP contribution in [0.1, 0.15) is 32.0 Å². The molecule has 2 aromatic heterocycles. The van der Waals surface area contributed by atoms with Gasteiger partial charge >= 0.3 is 0 Å². The zero-order valence-electron chi connectivity index (χ0n) is 18.8. The number of hydrogen-bond acceptors (Lipinski definition) is 8. The number of nitrogens with zero attached hydrogens (tertiary/aromatic N) is 6. The molecule has 0 radical (unpaired) electrons. The predicted molar refractivity (Wildman–Crippen MR) is 131 cm³/mol. The molecule has 3 aromatic rings. The lowest BCUT2D eigenvalue weighted by molar-refractivity contribution is 0.477. The summed E-state index contributed by atoms with van der Waals surface area (Å²) in [4.78, 5) is 13.8. The summed E-state index contributed by atoms with van der Waals surface area (Å²) in [5, 5.41) is 18.6. The zero-order chi connectivity index (χ0) is 22.8. The number of aromatic nitrogens is 4. The van der Waals surface area contributed by atoms with Gasteiger partial charge in [-0.3, -0.25) is 0 Å². The minimum Gasteiger partial charge on any atom is -0.507 e. The largest absolute Gasteiger partial charge is 0.507 e. The third-order valence-corrected chi connectivity index (χ3v) is 6.37. The Morgan fingerprint density at radius 1 is 1.06 bits per heavy atom. The Hall–Kier alpha value is -3.68. The van der Waals surface area contributed by atoms with Crippen molar-refractivity contribution in [1.29, 1.82) is 0 Å². The van der Waals surface area contributed by atoms with Gasteiger partial charge in [0.25, 0.3) is 0 Å². The van der Waals surface area contributed by atoms with Gasteiger partial charge in [-0.25, -0.2) is 9.97 Å². The molecule has 1 aromatic carbocycles. The summed E-state index contributed by atoms with van der Waals surface area (Å²) in [6, 6.07) is 11.4. The fourth-order valence-corrected chi connectivity index (χ4v) is 4.22. The number of nitrogens with two attached hydrogens (primary N) is 1. The molecule has 2 aliphatic rings. The molecule has 1 aliphatic heterocycles. The van der Waals surface area contributed by atoms with Gasteiger partial charge in [-0.2, -0.15) is 0 Å². The van der Waals surface area contributed by atoms with Crippen LogP contribution >= 0.6 is 0 Å². The number of hydrogen-bond donors (Lipinski definition) is 2. The van der Waals surface area contributed by atoms with Crippen molar-refractivity contribution in [2.24, 2.45) is 5.92 Å². The Labute approximate surface area is 193 Å². The number of phenolic OH excluding ortho intramolecular Hbond substituents is 1. The Morgan fingerprint density at radius 3 is 2.73 bits per heavy atom. The second-order valence-electron chi connectivity index (χ2n) is 8.80. The van der Waals surface area contributed by atoms with Gasteiger partial charge in [0.15, 0.2) is 11.6 Å². The van der Waals surface area contributed by atoms with Crippen LogP contribution in [0.15, 0.2) is 48.7 Å². The van der Waals surface area contributed by atoms with Crippen molar-refractivity contribution in [2.75, 3.05) is 35.2 Å². The molecule has 0 unspecified atom stereocenters. The average molecular weight is 444 g/mol. The number of allylic oxidation sites excluding steroid dienone is 1. The molecule has 8 nitrogen and oxygen atoms in total. The third-order valence-electron chi connectivity index (χ3n) is 6.37. The standard InChI is InChI=1S/C25H29N7O/c1-17-11-13-31(21-16-20(29-30-25(21)26)19-4-2-3-5-22(19)33)14-15-32(17)24-10-12-27-23(28-24)9-8-18-6-7-18/h2-5,8-10,12,16-18,33H,6-7,11,13-15H2,1H3,(H2,26,30)/t17-/m1/s1. The summed E-state index contributed by atoms with van der Waals surface area (Å²) < 4.78 is 0. The maximum Gasteiger partial charge on any atom is 0.169 e. The van der Waals surface area contributed by atoms with Gasteiger partial charge in [0.2, 0.25) is 0 Å². The Kier molecular flexibility index (Phi) is 5.81. The molecule has 170 valence electrons. The lowest BCUT2D eigenvalue weighted by Crippen LogP contribution is -2.35. The number of rotatable bonds is 5. The summed E-state index contributed by atoms with van der Waals surface area (Å²) in [6.07, 6.45) is 9.59. The summed E-state index contributed by atoms with van der Waals surface area (Å²) in [5.74, 6) is 2.98. The molecule has 1 aliphatic carbocycles. The van der Waals surface area contributed by atoms with E-state index in [0.717, 1.165) is 43.4 Å². The van der Waals surface area contributed by atoms with Crippen molar-refractivity contribution in [1.82, 2.24) is 20.2 Å². The zero-order valence-corrected chi connectivity index (χ0v) is 18.8. The molecule has 3 N–H and O–H groups in total. The molecular weight excluding hydrogens is 414 g/mol. The Morgan fingerprint density at radius 2 is 1.91 bits per heavy atom. The van der Waals surface area contributed by atoms with E-state index in [-0.39, 0.29) is 5.75 Å². The van der Waals surface area contributed by atoms with Crippen molar-refractivity contribution in [2.45, 2.75) is 32.2 Å². The van der Waals surface area contributed by atoms with Gasteiger partial charge in [0, 0.05) is 37.4 Å². The van der Waals surface area contributed by atoms with E-state index < -0.39 is 0 Å². The summed E-state index contributed by atoms with van der Waals surface area (Å²) in [7, 11) is 0. The number of benzene rings is 1. The molecule has 1 saturated carbocycles. The smallest absolute Gasteiger partial charge is 0.169 e. The first kappa shape index (κ1) is 21.2. The molecule has 2 fully saturated rings. The first-order chi connectivity index (χ1) is 16.1. The number of para-hydroxylation sites is 1. The lowest BCUT2D eigenvalue weighted by atomic mass is 10.1. The minimum atomic E-state index is 0.175. The molecule has 5 rings (SSSR count). The molecule has 0 spiro atoms. The van der Waals surface area contributed by atoms with E-state index in [2.05, 4.69) is 38.0 Å². The van der Waals surface area contributed by atoms with Crippen LogP contribution < -0.4 is 15.5 Å². The van der Waals surface area contributed by atoms with Crippen LogP contribution in [0.2, 0.25) is 0 Å². The first-order valence-corrected chi connectivity index (χ1v) is 11.5. The predicted octanol–water partition coefficient (Wildman–Crippen LogP) is 3.75. The van der Waals surface area contributed by atoms with E-state index in [9.17, 15) is 5.11 Å². The molecule has 8 heteroatoms. The van der Waals surface area contributed by atoms with Crippen molar-refractivity contribution >= 4 is 23.4 Å². The molecule has 1 atom stereocenters. The van der Waals surface area contributed by atoms with Gasteiger partial charge in [-0.15, -0.1) is 10.2 Å². The second kappa shape index (κ2) is 9.05. The minimum absolute atomic E-state index is 0.175. The van der Waals surface area contributed by atoms with Crippen molar-refractivity contribution in [3.8, 4) is 17.0 Å². The van der Waals surface area contributed by atoms with Gasteiger partial charge in [0.1, 0.15) is 11.6 Å². The van der Waals surface area contributed by atoms with E-state index in [4.69, 9.17) is 10.7 Å². The highest BCUT2D eigenvalue weighted by atomic mass is 16.3. The van der Waals surface area contributed by atoms with Crippen molar-refractivity contribution < 1.29 is 5.11 Å². The topological polar surface area (TPSA) is 104 Å². The Bertz CT molecular complexity index is 1160. The van der Waals surface area contributed by atoms with Gasteiger partial charge in [-0.05, 0) is 62.4 Å². The van der Waals surface area contributed by atoms with Gasteiger partial charge < -0.3 is 20.6 Å². The fourth-order valence-electron chi connectivity index (χ4n) is 4.22. The molecule has 33 heavy (non-hydrogen) atoms. The van der Waals surface area contributed by atoms with Crippen LogP contribution in [0.25, 0.3) is 17.3 Å². The molecule has 1 saturated heterocycles. The molecular formula is C25H29N7O.